The number of aromatic nitrogens is 2. The van der Waals surface area contributed by atoms with Crippen molar-refractivity contribution in [1.82, 2.24) is 14.9 Å². The van der Waals surface area contributed by atoms with Crippen LogP contribution in [-0.2, 0) is 11.3 Å². The van der Waals surface area contributed by atoms with Gasteiger partial charge in [-0.25, -0.2) is 4.98 Å². The van der Waals surface area contributed by atoms with E-state index in [1.165, 1.54) is 11.6 Å². The second kappa shape index (κ2) is 8.08. The van der Waals surface area contributed by atoms with Gasteiger partial charge in [-0.3, -0.25) is 4.79 Å². The van der Waals surface area contributed by atoms with E-state index in [4.69, 9.17) is 9.72 Å². The Kier molecular flexibility index (Phi) is 5.60. The lowest BCUT2D eigenvalue weighted by Crippen LogP contribution is -2.27. The van der Waals surface area contributed by atoms with Crippen LogP contribution >= 0.6 is 0 Å². The van der Waals surface area contributed by atoms with Crippen LogP contribution < -0.4 is 10.1 Å². The minimum Gasteiger partial charge on any atom is -0.491 e. The molecule has 1 amide bonds. The van der Waals surface area contributed by atoms with Crippen molar-refractivity contribution in [3.8, 4) is 5.75 Å². The molecule has 0 bridgehead atoms. The molecule has 1 atom stereocenters. The van der Waals surface area contributed by atoms with E-state index in [1.807, 2.05) is 38.1 Å². The van der Waals surface area contributed by atoms with Gasteiger partial charge < -0.3 is 14.6 Å². The molecule has 0 aliphatic rings. The van der Waals surface area contributed by atoms with Crippen molar-refractivity contribution < 1.29 is 9.53 Å². The van der Waals surface area contributed by atoms with Crippen LogP contribution in [0.5, 0.6) is 5.75 Å². The molecule has 1 N–H and O–H groups in total. The Bertz CT molecular complexity index is 975. The zero-order chi connectivity index (χ0) is 19.4. The largest absolute Gasteiger partial charge is 0.491 e. The van der Waals surface area contributed by atoms with Crippen LogP contribution in [0.2, 0.25) is 0 Å². The predicted molar refractivity (Wildman–Crippen MR) is 108 cm³/mol. The first-order chi connectivity index (χ1) is 13.0. The van der Waals surface area contributed by atoms with Crippen LogP contribution in [-0.4, -0.2) is 22.1 Å². The molecule has 27 heavy (non-hydrogen) atoms. The Hall–Kier alpha value is -3.08. The Morgan fingerprint density at radius 1 is 1.30 bits per heavy atom. The molecular weight excluding hydrogens is 338 g/mol. The highest BCUT2D eigenvalue weighted by molar-refractivity contribution is 5.87. The molecule has 5 heteroatoms. The molecule has 2 aromatic carbocycles. The molecule has 0 radical (unpaired) electrons. The van der Waals surface area contributed by atoms with E-state index >= 15 is 0 Å². The summed E-state index contributed by atoms with van der Waals surface area (Å²) in [6.45, 7) is 10.7. The Labute approximate surface area is 159 Å². The number of amides is 1. The second-order valence-electron chi connectivity index (χ2n) is 6.66. The van der Waals surface area contributed by atoms with Gasteiger partial charge in [0, 0.05) is 0 Å². The molecule has 3 rings (SSSR count). The van der Waals surface area contributed by atoms with Crippen LogP contribution in [0.3, 0.4) is 0 Å². The maximum atomic E-state index is 11.7. The van der Waals surface area contributed by atoms with Crippen LogP contribution in [0.15, 0.2) is 55.1 Å². The van der Waals surface area contributed by atoms with Crippen molar-refractivity contribution in [1.29, 1.82) is 0 Å². The number of imidazole rings is 1. The fourth-order valence-corrected chi connectivity index (χ4v) is 3.11. The topological polar surface area (TPSA) is 56.2 Å². The predicted octanol–water partition coefficient (Wildman–Crippen LogP) is 4.10. The molecule has 1 unspecified atom stereocenters. The first-order valence-electron chi connectivity index (χ1n) is 9.07. The summed E-state index contributed by atoms with van der Waals surface area (Å²) in [5.74, 6) is 1.48. The van der Waals surface area contributed by atoms with Crippen LogP contribution in [0.1, 0.15) is 29.9 Å². The van der Waals surface area contributed by atoms with Gasteiger partial charge in [-0.05, 0) is 56.2 Å². The van der Waals surface area contributed by atoms with E-state index in [9.17, 15) is 4.79 Å². The molecule has 0 spiro atoms. The second-order valence-corrected chi connectivity index (χ2v) is 6.66. The quantitative estimate of drug-likeness (QED) is 0.643. The Morgan fingerprint density at radius 3 is 2.85 bits per heavy atom. The van der Waals surface area contributed by atoms with E-state index in [1.54, 1.807) is 0 Å². The number of aryl methyl sites for hydroxylation is 2. The number of benzene rings is 2. The highest BCUT2D eigenvalue weighted by Gasteiger charge is 2.17. The standard InChI is InChI=1S/C22H25N3O2/c1-5-21(26)23-17(4)22-24-18-8-6-7-9-19(18)25(22)12-13-27-20-14-15(2)10-11-16(20)3/h5-11,14,17H,1,12-13H2,2-4H3,(H,23,26). The van der Waals surface area contributed by atoms with Crippen LogP contribution in [0.4, 0.5) is 0 Å². The molecule has 140 valence electrons. The lowest BCUT2D eigenvalue weighted by atomic mass is 10.1. The van der Waals surface area contributed by atoms with Gasteiger partial charge in [-0.15, -0.1) is 0 Å². The minimum absolute atomic E-state index is 0.215. The smallest absolute Gasteiger partial charge is 0.243 e. The van der Waals surface area contributed by atoms with Gasteiger partial charge in [0.05, 0.1) is 23.6 Å². The summed E-state index contributed by atoms with van der Waals surface area (Å²) in [7, 11) is 0. The van der Waals surface area contributed by atoms with Gasteiger partial charge in [0.15, 0.2) is 0 Å². The number of carbonyl (C=O) groups excluding carboxylic acids is 1. The zero-order valence-corrected chi connectivity index (χ0v) is 16.0. The van der Waals surface area contributed by atoms with Gasteiger partial charge in [0.1, 0.15) is 18.2 Å². The summed E-state index contributed by atoms with van der Waals surface area (Å²) < 4.78 is 8.13. The third-order valence-electron chi connectivity index (χ3n) is 4.53. The normalized spacial score (nSPS) is 12.0. The fourth-order valence-electron chi connectivity index (χ4n) is 3.11. The van der Waals surface area contributed by atoms with Gasteiger partial charge >= 0.3 is 0 Å². The van der Waals surface area contributed by atoms with E-state index in [-0.39, 0.29) is 11.9 Å². The maximum absolute atomic E-state index is 11.7. The molecule has 1 aromatic heterocycles. The lowest BCUT2D eigenvalue weighted by Gasteiger charge is -2.16. The third kappa shape index (κ3) is 4.19. The number of rotatable bonds is 7. The van der Waals surface area contributed by atoms with E-state index in [0.29, 0.717) is 13.2 Å². The number of nitrogens with one attached hydrogen (secondary N) is 1. The number of nitrogens with zero attached hydrogens (tertiary/aromatic N) is 2. The Morgan fingerprint density at radius 2 is 2.07 bits per heavy atom. The van der Waals surface area contributed by atoms with Crippen molar-refractivity contribution in [2.45, 2.75) is 33.4 Å². The number of carbonyl (C=O) groups is 1. The third-order valence-corrected chi connectivity index (χ3v) is 4.53. The van der Waals surface area contributed by atoms with Crippen LogP contribution in [0.25, 0.3) is 11.0 Å². The van der Waals surface area contributed by atoms with Crippen molar-refractivity contribution >= 4 is 16.9 Å². The summed E-state index contributed by atoms with van der Waals surface area (Å²) in [5.41, 5.74) is 4.21. The van der Waals surface area contributed by atoms with E-state index in [0.717, 1.165) is 28.2 Å². The van der Waals surface area contributed by atoms with Gasteiger partial charge in [0.25, 0.3) is 0 Å². The summed E-state index contributed by atoms with van der Waals surface area (Å²) in [6, 6.07) is 13.9. The monoisotopic (exact) mass is 363 g/mol. The lowest BCUT2D eigenvalue weighted by molar-refractivity contribution is -0.117. The van der Waals surface area contributed by atoms with E-state index < -0.39 is 0 Å². The molecule has 0 fully saturated rings. The summed E-state index contributed by atoms with van der Waals surface area (Å²) in [4.78, 5) is 16.4. The van der Waals surface area contributed by atoms with E-state index in [2.05, 4.69) is 41.6 Å². The van der Waals surface area contributed by atoms with Gasteiger partial charge in [0.2, 0.25) is 5.91 Å². The van der Waals surface area contributed by atoms with Crippen molar-refractivity contribution in [3.05, 3.63) is 72.1 Å². The highest BCUT2D eigenvalue weighted by atomic mass is 16.5. The fraction of sp³-hybridized carbons (Fsp3) is 0.273. The number of fused-ring (bicyclic) bond motifs is 1. The number of ether oxygens (including phenoxy) is 1. The van der Waals surface area contributed by atoms with Crippen molar-refractivity contribution in [2.24, 2.45) is 0 Å². The molecule has 1 heterocycles. The van der Waals surface area contributed by atoms with Gasteiger partial charge in [-0.2, -0.15) is 0 Å². The molecule has 3 aromatic rings. The SMILES string of the molecule is C=CC(=O)NC(C)c1nc2ccccc2n1CCOc1cc(C)ccc1C. The summed E-state index contributed by atoms with van der Waals surface area (Å²) >= 11 is 0. The number of para-hydroxylation sites is 2. The zero-order valence-electron chi connectivity index (χ0n) is 16.0. The highest BCUT2D eigenvalue weighted by Crippen LogP contribution is 2.22. The first kappa shape index (κ1) is 18.7. The molecule has 0 aliphatic carbocycles. The molecular formula is C22H25N3O2. The Balaban J connectivity index is 1.83. The average Bonchev–Trinajstić information content (AvgIpc) is 3.03. The summed E-state index contributed by atoms with van der Waals surface area (Å²) in [6.07, 6.45) is 1.27. The van der Waals surface area contributed by atoms with Crippen molar-refractivity contribution in [3.63, 3.8) is 0 Å². The van der Waals surface area contributed by atoms with Crippen molar-refractivity contribution in [2.75, 3.05) is 6.61 Å². The molecule has 0 saturated heterocycles. The number of hydrogen-bond donors (Lipinski definition) is 1. The first-order valence-corrected chi connectivity index (χ1v) is 9.07. The molecule has 5 nitrogen and oxygen atoms in total. The minimum atomic E-state index is -0.233. The molecule has 0 saturated carbocycles. The van der Waals surface area contributed by atoms with Crippen LogP contribution in [0, 0.1) is 13.8 Å². The summed E-state index contributed by atoms with van der Waals surface area (Å²) in [5, 5.41) is 2.89. The average molecular weight is 363 g/mol. The maximum Gasteiger partial charge on any atom is 0.243 e. The molecule has 0 aliphatic heterocycles. The number of hydrogen-bond acceptors (Lipinski definition) is 3. The van der Waals surface area contributed by atoms with Gasteiger partial charge in [-0.1, -0.05) is 30.8 Å².